The third kappa shape index (κ3) is 2.31. The number of carbonyl (C=O) groups is 1. The number of ether oxygens (including phenoxy) is 1. The number of carbonyl (C=O) groups excluding carboxylic acids is 1. The molecule has 0 spiro atoms. The van der Waals surface area contributed by atoms with Crippen LogP contribution in [0.15, 0.2) is 30.3 Å². The first-order chi connectivity index (χ1) is 9.24. The number of nitrogens with one attached hydrogen (secondary N) is 1. The molecule has 0 amide bonds. The van der Waals surface area contributed by atoms with Gasteiger partial charge in [-0.1, -0.05) is 12.1 Å². The Bertz CT molecular complexity index is 627. The van der Waals surface area contributed by atoms with Crippen LogP contribution in [0.5, 0.6) is 5.75 Å². The van der Waals surface area contributed by atoms with Gasteiger partial charge >= 0.3 is 5.97 Å². The second kappa shape index (κ2) is 4.76. The summed E-state index contributed by atoms with van der Waals surface area (Å²) in [5.41, 5.74) is 0.557. The molecule has 0 radical (unpaired) electrons. The number of anilines is 1. The molecule has 1 aromatic carbocycles. The van der Waals surface area contributed by atoms with Crippen LogP contribution in [-0.2, 0) is 9.53 Å². The average molecular weight is 258 g/mol. The van der Waals surface area contributed by atoms with Crippen molar-refractivity contribution in [1.82, 2.24) is 4.98 Å². The number of nitrogens with zero attached hydrogens (tertiary/aromatic N) is 1. The van der Waals surface area contributed by atoms with Crippen LogP contribution >= 0.6 is 0 Å². The summed E-state index contributed by atoms with van der Waals surface area (Å²) in [6.07, 6.45) is 0.741. The van der Waals surface area contributed by atoms with Crippen molar-refractivity contribution in [3.8, 4) is 5.75 Å². The molecule has 2 aromatic rings. The molecule has 0 saturated carbocycles. The van der Waals surface area contributed by atoms with Gasteiger partial charge in [-0.3, -0.25) is 4.79 Å². The zero-order valence-corrected chi connectivity index (χ0v) is 10.3. The van der Waals surface area contributed by atoms with E-state index in [1.807, 2.05) is 18.2 Å². The summed E-state index contributed by atoms with van der Waals surface area (Å²) in [4.78, 5) is 15.7. The lowest BCUT2D eigenvalue weighted by Crippen LogP contribution is -2.19. The van der Waals surface area contributed by atoms with Gasteiger partial charge in [0.2, 0.25) is 0 Å². The highest BCUT2D eigenvalue weighted by molar-refractivity contribution is 5.85. The third-order valence-corrected chi connectivity index (χ3v) is 3.27. The number of fused-ring (bicyclic) bond motifs is 1. The van der Waals surface area contributed by atoms with E-state index in [1.54, 1.807) is 12.1 Å². The van der Waals surface area contributed by atoms with Gasteiger partial charge in [-0.15, -0.1) is 0 Å². The molecular weight excluding hydrogens is 244 g/mol. The Hall–Kier alpha value is -2.30. The molecule has 19 heavy (non-hydrogen) atoms. The fraction of sp³-hybridized carbons (Fsp3) is 0.286. The lowest BCUT2D eigenvalue weighted by Gasteiger charge is -2.09. The van der Waals surface area contributed by atoms with E-state index in [1.165, 1.54) is 0 Å². The SMILES string of the molecule is O=C1OCCC1CNc1ccc2cccc(O)c2n1. The molecule has 0 aliphatic carbocycles. The van der Waals surface area contributed by atoms with Gasteiger partial charge in [0.1, 0.15) is 17.1 Å². The molecule has 1 atom stereocenters. The Morgan fingerprint density at radius 3 is 3.05 bits per heavy atom. The van der Waals surface area contributed by atoms with E-state index < -0.39 is 0 Å². The van der Waals surface area contributed by atoms with Crippen molar-refractivity contribution in [2.75, 3.05) is 18.5 Å². The minimum absolute atomic E-state index is 0.109. The van der Waals surface area contributed by atoms with Crippen molar-refractivity contribution < 1.29 is 14.6 Å². The molecular formula is C14H14N2O3. The Labute approximate surface area is 110 Å². The number of phenols is 1. The van der Waals surface area contributed by atoms with E-state index in [0.29, 0.717) is 24.5 Å². The summed E-state index contributed by atoms with van der Waals surface area (Å²) in [5, 5.41) is 13.7. The Morgan fingerprint density at radius 2 is 2.26 bits per heavy atom. The van der Waals surface area contributed by atoms with Crippen LogP contribution in [0.2, 0.25) is 0 Å². The molecule has 0 bridgehead atoms. The molecule has 1 fully saturated rings. The highest BCUT2D eigenvalue weighted by Crippen LogP contribution is 2.24. The number of phenolic OH excluding ortho intramolecular Hbond substituents is 1. The predicted molar refractivity (Wildman–Crippen MR) is 71.0 cm³/mol. The summed E-state index contributed by atoms with van der Waals surface area (Å²) < 4.78 is 4.90. The first kappa shape index (κ1) is 11.8. The smallest absolute Gasteiger partial charge is 0.310 e. The standard InChI is InChI=1S/C14H14N2O3/c17-11-3-1-2-9-4-5-12(16-13(9)11)15-8-10-6-7-19-14(10)18/h1-5,10,17H,6-8H2,(H,15,16). The number of para-hydroxylation sites is 1. The second-order valence-corrected chi connectivity index (χ2v) is 4.58. The molecule has 1 saturated heterocycles. The minimum atomic E-state index is -0.156. The van der Waals surface area contributed by atoms with Gasteiger partial charge in [-0.2, -0.15) is 0 Å². The Balaban J connectivity index is 1.78. The maximum Gasteiger partial charge on any atom is 0.310 e. The van der Waals surface area contributed by atoms with Gasteiger partial charge < -0.3 is 15.2 Å². The van der Waals surface area contributed by atoms with Gasteiger partial charge in [-0.05, 0) is 24.6 Å². The van der Waals surface area contributed by atoms with Crippen LogP contribution in [0.1, 0.15) is 6.42 Å². The Morgan fingerprint density at radius 1 is 1.37 bits per heavy atom. The normalized spacial score (nSPS) is 18.5. The van der Waals surface area contributed by atoms with E-state index in [0.717, 1.165) is 11.8 Å². The molecule has 1 aliphatic heterocycles. The van der Waals surface area contributed by atoms with Crippen molar-refractivity contribution in [2.45, 2.75) is 6.42 Å². The van der Waals surface area contributed by atoms with Gasteiger partial charge in [-0.25, -0.2) is 4.98 Å². The zero-order chi connectivity index (χ0) is 13.2. The Kier molecular flexibility index (Phi) is 2.95. The van der Waals surface area contributed by atoms with E-state index in [4.69, 9.17) is 4.74 Å². The molecule has 2 heterocycles. The van der Waals surface area contributed by atoms with Crippen LogP contribution in [0.4, 0.5) is 5.82 Å². The number of pyridine rings is 1. The van der Waals surface area contributed by atoms with Crippen LogP contribution in [0.25, 0.3) is 10.9 Å². The second-order valence-electron chi connectivity index (χ2n) is 4.58. The molecule has 98 valence electrons. The number of rotatable bonds is 3. The van der Waals surface area contributed by atoms with Crippen molar-refractivity contribution in [3.05, 3.63) is 30.3 Å². The minimum Gasteiger partial charge on any atom is -0.506 e. The first-order valence-corrected chi connectivity index (χ1v) is 6.23. The first-order valence-electron chi connectivity index (χ1n) is 6.23. The van der Waals surface area contributed by atoms with Crippen molar-refractivity contribution >= 4 is 22.7 Å². The van der Waals surface area contributed by atoms with Crippen molar-refractivity contribution in [1.29, 1.82) is 0 Å². The van der Waals surface area contributed by atoms with Crippen LogP contribution < -0.4 is 5.32 Å². The summed E-state index contributed by atoms with van der Waals surface area (Å²) in [6, 6.07) is 8.99. The van der Waals surface area contributed by atoms with Crippen LogP contribution in [-0.4, -0.2) is 29.2 Å². The lowest BCUT2D eigenvalue weighted by molar-refractivity contribution is -0.140. The average Bonchev–Trinajstić information content (AvgIpc) is 2.83. The molecule has 5 nitrogen and oxygen atoms in total. The fourth-order valence-corrected chi connectivity index (χ4v) is 2.18. The molecule has 1 unspecified atom stereocenters. The summed E-state index contributed by atoms with van der Waals surface area (Å²) >= 11 is 0. The number of cyclic esters (lactones) is 1. The highest BCUT2D eigenvalue weighted by atomic mass is 16.5. The number of esters is 1. The lowest BCUT2D eigenvalue weighted by atomic mass is 10.1. The number of aromatic hydroxyl groups is 1. The van der Waals surface area contributed by atoms with Crippen LogP contribution in [0, 0.1) is 5.92 Å². The van der Waals surface area contributed by atoms with Gasteiger partial charge in [0.25, 0.3) is 0 Å². The van der Waals surface area contributed by atoms with Gasteiger partial charge in [0, 0.05) is 11.9 Å². The quantitative estimate of drug-likeness (QED) is 0.823. The summed E-state index contributed by atoms with van der Waals surface area (Å²) in [7, 11) is 0. The maximum absolute atomic E-state index is 11.3. The van der Waals surface area contributed by atoms with E-state index in [-0.39, 0.29) is 17.6 Å². The monoisotopic (exact) mass is 258 g/mol. The highest BCUT2D eigenvalue weighted by Gasteiger charge is 2.26. The zero-order valence-electron chi connectivity index (χ0n) is 10.3. The number of benzene rings is 1. The summed E-state index contributed by atoms with van der Waals surface area (Å²) in [6.45, 7) is 1.00. The van der Waals surface area contributed by atoms with Crippen molar-refractivity contribution in [2.24, 2.45) is 5.92 Å². The number of hydrogen-bond acceptors (Lipinski definition) is 5. The molecule has 1 aliphatic rings. The van der Waals surface area contributed by atoms with E-state index >= 15 is 0 Å². The predicted octanol–water partition coefficient (Wildman–Crippen LogP) is 1.92. The largest absolute Gasteiger partial charge is 0.506 e. The fourth-order valence-electron chi connectivity index (χ4n) is 2.18. The maximum atomic E-state index is 11.3. The topological polar surface area (TPSA) is 71.5 Å². The summed E-state index contributed by atoms with van der Waals surface area (Å²) in [5.74, 6) is 0.535. The number of aromatic nitrogens is 1. The van der Waals surface area contributed by atoms with Gasteiger partial charge in [0.05, 0.1) is 12.5 Å². The third-order valence-electron chi connectivity index (χ3n) is 3.27. The molecule has 3 rings (SSSR count). The molecule has 2 N–H and O–H groups in total. The molecule has 1 aromatic heterocycles. The van der Waals surface area contributed by atoms with Gasteiger partial charge in [0.15, 0.2) is 0 Å². The van der Waals surface area contributed by atoms with E-state index in [9.17, 15) is 9.90 Å². The number of hydrogen-bond donors (Lipinski definition) is 2. The van der Waals surface area contributed by atoms with E-state index in [2.05, 4.69) is 10.3 Å². The van der Waals surface area contributed by atoms with Crippen molar-refractivity contribution in [3.63, 3.8) is 0 Å². The van der Waals surface area contributed by atoms with Crippen LogP contribution in [0.3, 0.4) is 0 Å². The molecule has 5 heteroatoms.